The molecule has 0 spiro atoms. The number of hydrogen-bond acceptors (Lipinski definition) is 3. The molecular weight excluding hydrogens is 262 g/mol. The Morgan fingerprint density at radius 1 is 1.24 bits per heavy atom. The Bertz CT molecular complexity index is 354. The molecule has 3 aliphatic rings. The molecule has 120 valence electrons. The van der Waals surface area contributed by atoms with Crippen LogP contribution in [0.2, 0.25) is 0 Å². The monoisotopic (exact) mass is 293 g/mol. The van der Waals surface area contributed by atoms with E-state index in [2.05, 4.69) is 22.0 Å². The van der Waals surface area contributed by atoms with Crippen LogP contribution in [0.3, 0.4) is 0 Å². The molecule has 0 bridgehead atoms. The third-order valence-corrected chi connectivity index (χ3v) is 5.76. The molecule has 2 unspecified atom stereocenters. The van der Waals surface area contributed by atoms with E-state index in [1.807, 2.05) is 0 Å². The average Bonchev–Trinajstić information content (AvgIpc) is 3.19. The highest BCUT2D eigenvalue weighted by Crippen LogP contribution is 2.35. The molecule has 3 saturated heterocycles. The van der Waals surface area contributed by atoms with Crippen LogP contribution in [0.25, 0.3) is 0 Å². The molecule has 0 radical (unpaired) electrons. The fourth-order valence-corrected chi connectivity index (χ4v) is 4.62. The summed E-state index contributed by atoms with van der Waals surface area (Å²) in [5.41, 5.74) is -0.104. The molecule has 3 aliphatic heterocycles. The first-order valence-electron chi connectivity index (χ1n) is 8.99. The molecule has 3 heterocycles. The van der Waals surface area contributed by atoms with E-state index in [1.165, 1.54) is 32.4 Å². The minimum absolute atomic E-state index is 0.104. The number of amides is 1. The largest absolute Gasteiger partial charge is 0.341 e. The summed E-state index contributed by atoms with van der Waals surface area (Å²) in [5, 5.41) is 3.47. The maximum absolute atomic E-state index is 13.1. The smallest absolute Gasteiger partial charge is 0.230 e. The van der Waals surface area contributed by atoms with Crippen LogP contribution < -0.4 is 5.32 Å². The third-order valence-electron chi connectivity index (χ3n) is 5.76. The Morgan fingerprint density at radius 3 is 2.71 bits per heavy atom. The van der Waals surface area contributed by atoms with Gasteiger partial charge in [-0.1, -0.05) is 13.3 Å². The molecule has 1 N–H and O–H groups in total. The van der Waals surface area contributed by atoms with Crippen LogP contribution in [0, 0.1) is 5.41 Å². The van der Waals surface area contributed by atoms with E-state index in [0.29, 0.717) is 11.9 Å². The van der Waals surface area contributed by atoms with E-state index in [4.69, 9.17) is 0 Å². The Balaban J connectivity index is 1.63. The molecule has 21 heavy (non-hydrogen) atoms. The second kappa shape index (κ2) is 6.66. The Kier molecular flexibility index (Phi) is 4.85. The van der Waals surface area contributed by atoms with Crippen LogP contribution >= 0.6 is 0 Å². The first-order chi connectivity index (χ1) is 10.2. The minimum Gasteiger partial charge on any atom is -0.341 e. The van der Waals surface area contributed by atoms with Gasteiger partial charge in [0.15, 0.2) is 0 Å². The summed E-state index contributed by atoms with van der Waals surface area (Å²) in [4.78, 5) is 17.9. The zero-order valence-electron chi connectivity index (χ0n) is 13.6. The highest BCUT2D eigenvalue weighted by Gasteiger charge is 2.43. The molecule has 0 saturated carbocycles. The first kappa shape index (κ1) is 15.3. The number of carbonyl (C=O) groups is 1. The predicted octanol–water partition coefficient (Wildman–Crippen LogP) is 1.85. The van der Waals surface area contributed by atoms with Crippen molar-refractivity contribution in [3.63, 3.8) is 0 Å². The maximum Gasteiger partial charge on any atom is 0.230 e. The van der Waals surface area contributed by atoms with Gasteiger partial charge in [-0.05, 0) is 58.2 Å². The standard InChI is InChI=1S/C17H31N3O/c1-2-7-17(8-5-9-18-14-17)16(21)20-12-6-15(13-20)19-10-3-4-11-19/h15,18H,2-14H2,1H3. The van der Waals surface area contributed by atoms with E-state index in [-0.39, 0.29) is 5.41 Å². The number of rotatable bonds is 4. The lowest BCUT2D eigenvalue weighted by Crippen LogP contribution is -2.52. The molecule has 4 nitrogen and oxygen atoms in total. The van der Waals surface area contributed by atoms with Crippen LogP contribution in [0.5, 0.6) is 0 Å². The molecule has 3 rings (SSSR count). The van der Waals surface area contributed by atoms with Gasteiger partial charge in [-0.25, -0.2) is 0 Å². The molecule has 2 atom stereocenters. The third kappa shape index (κ3) is 3.11. The van der Waals surface area contributed by atoms with Gasteiger partial charge in [-0.2, -0.15) is 0 Å². The molecule has 1 amide bonds. The van der Waals surface area contributed by atoms with Gasteiger partial charge in [0, 0.05) is 25.7 Å². The lowest BCUT2D eigenvalue weighted by Gasteiger charge is -2.39. The van der Waals surface area contributed by atoms with Gasteiger partial charge in [-0.3, -0.25) is 9.69 Å². The summed E-state index contributed by atoms with van der Waals surface area (Å²) in [6, 6.07) is 0.631. The molecule has 0 aromatic carbocycles. The van der Waals surface area contributed by atoms with Crippen LogP contribution in [0.15, 0.2) is 0 Å². The number of nitrogens with one attached hydrogen (secondary N) is 1. The molecule has 0 aromatic heterocycles. The van der Waals surface area contributed by atoms with Gasteiger partial charge >= 0.3 is 0 Å². The van der Waals surface area contributed by atoms with Crippen molar-refractivity contribution in [2.45, 2.75) is 57.9 Å². The van der Waals surface area contributed by atoms with Gasteiger partial charge < -0.3 is 10.2 Å². The van der Waals surface area contributed by atoms with Gasteiger partial charge in [0.25, 0.3) is 0 Å². The van der Waals surface area contributed by atoms with Crippen molar-refractivity contribution in [3.8, 4) is 0 Å². The van der Waals surface area contributed by atoms with E-state index < -0.39 is 0 Å². The van der Waals surface area contributed by atoms with E-state index >= 15 is 0 Å². The lowest BCUT2D eigenvalue weighted by molar-refractivity contribution is -0.143. The number of hydrogen-bond donors (Lipinski definition) is 1. The summed E-state index contributed by atoms with van der Waals surface area (Å²) < 4.78 is 0. The van der Waals surface area contributed by atoms with Crippen LogP contribution in [-0.4, -0.2) is 61.0 Å². The normalized spacial score (nSPS) is 34.5. The molecule has 4 heteroatoms. The van der Waals surface area contributed by atoms with E-state index in [9.17, 15) is 4.79 Å². The van der Waals surface area contributed by atoms with Crippen molar-refractivity contribution in [3.05, 3.63) is 0 Å². The summed E-state index contributed by atoms with van der Waals surface area (Å²) in [5.74, 6) is 0.443. The summed E-state index contributed by atoms with van der Waals surface area (Å²) >= 11 is 0. The van der Waals surface area contributed by atoms with Crippen molar-refractivity contribution >= 4 is 5.91 Å². The van der Waals surface area contributed by atoms with E-state index in [0.717, 1.165) is 51.9 Å². The molecule has 3 fully saturated rings. The number of piperidine rings is 1. The highest BCUT2D eigenvalue weighted by molar-refractivity contribution is 5.83. The fraction of sp³-hybridized carbons (Fsp3) is 0.941. The van der Waals surface area contributed by atoms with Crippen LogP contribution in [-0.2, 0) is 4.79 Å². The number of likely N-dealkylation sites (tertiary alicyclic amines) is 2. The van der Waals surface area contributed by atoms with Crippen molar-refractivity contribution in [2.24, 2.45) is 5.41 Å². The fourth-order valence-electron chi connectivity index (χ4n) is 4.62. The van der Waals surface area contributed by atoms with Gasteiger partial charge in [0.2, 0.25) is 5.91 Å². The Labute approximate surface area is 129 Å². The maximum atomic E-state index is 13.1. The highest BCUT2D eigenvalue weighted by atomic mass is 16.2. The van der Waals surface area contributed by atoms with Gasteiger partial charge in [0.1, 0.15) is 0 Å². The second-order valence-electron chi connectivity index (χ2n) is 7.25. The Morgan fingerprint density at radius 2 is 2.05 bits per heavy atom. The zero-order valence-corrected chi connectivity index (χ0v) is 13.6. The molecular formula is C17H31N3O. The zero-order chi connectivity index (χ0) is 14.7. The first-order valence-corrected chi connectivity index (χ1v) is 8.99. The summed E-state index contributed by atoms with van der Waals surface area (Å²) in [6.45, 7) is 8.62. The van der Waals surface area contributed by atoms with Crippen molar-refractivity contribution in [1.29, 1.82) is 0 Å². The van der Waals surface area contributed by atoms with Crippen molar-refractivity contribution < 1.29 is 4.79 Å². The SMILES string of the molecule is CCCC1(C(=O)N2CCC(N3CCCC3)C2)CCCNC1. The number of carbonyl (C=O) groups excluding carboxylic acids is 1. The lowest BCUT2D eigenvalue weighted by atomic mass is 9.76. The average molecular weight is 293 g/mol. The summed E-state index contributed by atoms with van der Waals surface area (Å²) in [7, 11) is 0. The number of nitrogens with zero attached hydrogens (tertiary/aromatic N) is 2. The molecule has 0 aromatic rings. The van der Waals surface area contributed by atoms with Crippen molar-refractivity contribution in [2.75, 3.05) is 39.3 Å². The summed E-state index contributed by atoms with van der Waals surface area (Å²) in [6.07, 6.45) is 8.25. The van der Waals surface area contributed by atoms with Crippen molar-refractivity contribution in [1.82, 2.24) is 15.1 Å². The van der Waals surface area contributed by atoms with Gasteiger partial charge in [0.05, 0.1) is 5.41 Å². The predicted molar refractivity (Wildman–Crippen MR) is 85.2 cm³/mol. The van der Waals surface area contributed by atoms with Gasteiger partial charge in [-0.15, -0.1) is 0 Å². The topological polar surface area (TPSA) is 35.6 Å². The second-order valence-corrected chi connectivity index (χ2v) is 7.25. The van der Waals surface area contributed by atoms with E-state index in [1.54, 1.807) is 0 Å². The van der Waals surface area contributed by atoms with Crippen LogP contribution in [0.1, 0.15) is 51.9 Å². The molecule has 0 aliphatic carbocycles. The van der Waals surface area contributed by atoms with Crippen LogP contribution in [0.4, 0.5) is 0 Å². The quantitative estimate of drug-likeness (QED) is 0.859. The Hall–Kier alpha value is -0.610. The minimum atomic E-state index is -0.104.